The fourth-order valence-electron chi connectivity index (χ4n) is 3.66. The first-order chi connectivity index (χ1) is 10.3. The molecule has 0 aromatic heterocycles. The number of nitrogens with zero attached hydrogens (tertiary/aromatic N) is 1. The Morgan fingerprint density at radius 1 is 1.14 bits per heavy atom. The zero-order chi connectivity index (χ0) is 14.5. The van der Waals surface area contributed by atoms with Crippen molar-refractivity contribution in [3.05, 3.63) is 41.8 Å². The first-order valence-electron chi connectivity index (χ1n) is 8.52. The van der Waals surface area contributed by atoms with Crippen LogP contribution in [0.3, 0.4) is 0 Å². The van der Waals surface area contributed by atoms with Crippen molar-refractivity contribution in [2.45, 2.75) is 57.1 Å². The molecule has 0 amide bonds. The van der Waals surface area contributed by atoms with Crippen molar-refractivity contribution >= 4 is 0 Å². The van der Waals surface area contributed by atoms with Crippen LogP contribution in [0.4, 0.5) is 0 Å². The van der Waals surface area contributed by atoms with Crippen molar-refractivity contribution < 1.29 is 4.74 Å². The van der Waals surface area contributed by atoms with Gasteiger partial charge in [0.1, 0.15) is 0 Å². The van der Waals surface area contributed by atoms with Crippen LogP contribution in [0.1, 0.15) is 55.6 Å². The van der Waals surface area contributed by atoms with Gasteiger partial charge in [0, 0.05) is 19.7 Å². The van der Waals surface area contributed by atoms with E-state index in [-0.39, 0.29) is 0 Å². The molecule has 1 aliphatic heterocycles. The molecule has 0 bridgehead atoms. The summed E-state index contributed by atoms with van der Waals surface area (Å²) >= 11 is 0. The molecule has 2 nitrogen and oxygen atoms in total. The molecule has 1 radical (unpaired) electrons. The van der Waals surface area contributed by atoms with Gasteiger partial charge in [-0.25, -0.2) is 0 Å². The van der Waals surface area contributed by atoms with Crippen LogP contribution in [-0.2, 0) is 11.3 Å². The lowest BCUT2D eigenvalue weighted by molar-refractivity contribution is 0.0793. The molecule has 2 aliphatic rings. The lowest BCUT2D eigenvalue weighted by Crippen LogP contribution is -2.28. The van der Waals surface area contributed by atoms with Gasteiger partial charge >= 0.3 is 0 Å². The lowest BCUT2D eigenvalue weighted by atomic mass is 9.84. The van der Waals surface area contributed by atoms with Gasteiger partial charge < -0.3 is 4.74 Å². The van der Waals surface area contributed by atoms with Crippen LogP contribution in [-0.4, -0.2) is 31.2 Å². The number of likely N-dealkylation sites (N-methyl/N-ethyl adjacent to an activating group) is 1. The largest absolute Gasteiger partial charge is 0.377 e. The maximum atomic E-state index is 5.71. The molecule has 0 spiro atoms. The van der Waals surface area contributed by atoms with Crippen molar-refractivity contribution in [3.63, 3.8) is 0 Å². The van der Waals surface area contributed by atoms with Crippen LogP contribution in [0.5, 0.6) is 0 Å². The third kappa shape index (κ3) is 4.31. The Bertz CT molecular complexity index is 416. The minimum atomic E-state index is 0.451. The molecular weight excluding hydrogens is 258 g/mol. The van der Waals surface area contributed by atoms with E-state index in [1.165, 1.54) is 49.7 Å². The van der Waals surface area contributed by atoms with Gasteiger partial charge in [-0.3, -0.25) is 4.90 Å². The summed E-state index contributed by atoms with van der Waals surface area (Å²) in [5, 5.41) is 0. The molecule has 2 fully saturated rings. The van der Waals surface area contributed by atoms with Crippen molar-refractivity contribution in [2.75, 3.05) is 20.2 Å². The van der Waals surface area contributed by atoms with Gasteiger partial charge in [-0.15, -0.1) is 0 Å². The zero-order valence-electron chi connectivity index (χ0n) is 13.3. The van der Waals surface area contributed by atoms with E-state index < -0.39 is 0 Å². The van der Waals surface area contributed by atoms with E-state index in [4.69, 9.17) is 4.74 Å². The first-order valence-corrected chi connectivity index (χ1v) is 8.52. The quantitative estimate of drug-likeness (QED) is 0.806. The van der Waals surface area contributed by atoms with E-state index in [2.05, 4.69) is 42.6 Å². The molecule has 1 aromatic rings. The monoisotopic (exact) mass is 286 g/mol. The summed E-state index contributed by atoms with van der Waals surface area (Å²) < 4.78 is 5.71. The van der Waals surface area contributed by atoms with Gasteiger partial charge in [0.25, 0.3) is 0 Å². The topological polar surface area (TPSA) is 12.5 Å². The second-order valence-corrected chi connectivity index (χ2v) is 6.73. The van der Waals surface area contributed by atoms with E-state index >= 15 is 0 Å². The molecule has 2 atom stereocenters. The average Bonchev–Trinajstić information content (AvgIpc) is 3.02. The molecule has 0 N–H and O–H groups in total. The molecule has 21 heavy (non-hydrogen) atoms. The summed E-state index contributed by atoms with van der Waals surface area (Å²) in [6.07, 6.45) is 10.6. The van der Waals surface area contributed by atoms with Gasteiger partial charge in [0.15, 0.2) is 0 Å². The first kappa shape index (κ1) is 15.1. The zero-order valence-corrected chi connectivity index (χ0v) is 13.3. The van der Waals surface area contributed by atoms with Crippen molar-refractivity contribution in [1.82, 2.24) is 4.90 Å². The van der Waals surface area contributed by atoms with Crippen LogP contribution in [0.25, 0.3) is 0 Å². The van der Waals surface area contributed by atoms with Crippen LogP contribution >= 0.6 is 0 Å². The van der Waals surface area contributed by atoms with E-state index in [1.807, 2.05) is 0 Å². The number of ether oxygens (including phenoxy) is 1. The van der Waals surface area contributed by atoms with Crippen LogP contribution in [0.15, 0.2) is 24.3 Å². The molecule has 3 rings (SSSR count). The Morgan fingerprint density at radius 3 is 2.67 bits per heavy atom. The van der Waals surface area contributed by atoms with Crippen LogP contribution < -0.4 is 0 Å². The number of hydrogen-bond acceptors (Lipinski definition) is 2. The summed E-state index contributed by atoms with van der Waals surface area (Å²) in [7, 11) is 2.20. The lowest BCUT2D eigenvalue weighted by Gasteiger charge is -2.23. The minimum Gasteiger partial charge on any atom is -0.377 e. The predicted octanol–water partition coefficient (Wildman–Crippen LogP) is 4.16. The fraction of sp³-hybridized carbons (Fsp3) is 0.632. The summed E-state index contributed by atoms with van der Waals surface area (Å²) in [5.74, 6) is 0.761. The molecule has 1 heterocycles. The molecule has 1 saturated carbocycles. The molecule has 1 saturated heterocycles. The average molecular weight is 286 g/mol. The fourth-order valence-corrected chi connectivity index (χ4v) is 3.66. The second kappa shape index (κ2) is 7.42. The Labute approximate surface area is 129 Å². The standard InChI is InChI=1S/C19H28NO/c1-20(15-19-8-5-13-21-19)14-16-9-11-18(12-10-16)17-6-3-2-4-7-17/h3,9-12,17,19H,2,4-8,13-15H2,1H3. The molecule has 115 valence electrons. The summed E-state index contributed by atoms with van der Waals surface area (Å²) in [6, 6.07) is 9.32. The smallest absolute Gasteiger partial charge is 0.0702 e. The third-order valence-electron chi connectivity index (χ3n) is 4.85. The molecule has 2 heteroatoms. The van der Waals surface area contributed by atoms with Gasteiger partial charge in [0.2, 0.25) is 0 Å². The Kier molecular flexibility index (Phi) is 5.32. The maximum Gasteiger partial charge on any atom is 0.0702 e. The molecule has 2 unspecified atom stereocenters. The van der Waals surface area contributed by atoms with E-state index in [0.717, 1.165) is 25.6 Å². The Morgan fingerprint density at radius 2 is 2.00 bits per heavy atom. The van der Waals surface area contributed by atoms with Crippen molar-refractivity contribution in [1.29, 1.82) is 0 Å². The van der Waals surface area contributed by atoms with Crippen LogP contribution in [0.2, 0.25) is 0 Å². The van der Waals surface area contributed by atoms with Crippen molar-refractivity contribution in [2.24, 2.45) is 0 Å². The molecular formula is C19H28NO. The highest BCUT2D eigenvalue weighted by Gasteiger charge is 2.18. The predicted molar refractivity (Wildman–Crippen MR) is 87.3 cm³/mol. The highest BCUT2D eigenvalue weighted by Crippen LogP contribution is 2.32. The van der Waals surface area contributed by atoms with Crippen molar-refractivity contribution in [3.8, 4) is 0 Å². The van der Waals surface area contributed by atoms with Gasteiger partial charge in [0.05, 0.1) is 6.10 Å². The number of benzene rings is 1. The molecule has 1 aliphatic carbocycles. The minimum absolute atomic E-state index is 0.451. The van der Waals surface area contributed by atoms with E-state index in [9.17, 15) is 0 Å². The highest BCUT2D eigenvalue weighted by atomic mass is 16.5. The third-order valence-corrected chi connectivity index (χ3v) is 4.85. The van der Waals surface area contributed by atoms with E-state index in [0.29, 0.717) is 6.10 Å². The van der Waals surface area contributed by atoms with Crippen LogP contribution in [0, 0.1) is 6.42 Å². The summed E-state index contributed by atoms with van der Waals surface area (Å²) in [6.45, 7) is 3.03. The Balaban J connectivity index is 1.51. The summed E-state index contributed by atoms with van der Waals surface area (Å²) in [4.78, 5) is 2.39. The van der Waals surface area contributed by atoms with E-state index in [1.54, 1.807) is 0 Å². The Hall–Kier alpha value is -0.860. The number of hydrogen-bond donors (Lipinski definition) is 0. The second-order valence-electron chi connectivity index (χ2n) is 6.73. The summed E-state index contributed by atoms with van der Waals surface area (Å²) in [5.41, 5.74) is 2.94. The van der Waals surface area contributed by atoms with Gasteiger partial charge in [-0.05, 0) is 56.2 Å². The SMILES string of the molecule is CN(Cc1ccc(C2C[CH]CCC2)cc1)CC1CCCO1. The normalized spacial score (nSPS) is 23.8. The van der Waals surface area contributed by atoms with Gasteiger partial charge in [-0.1, -0.05) is 37.1 Å². The highest BCUT2D eigenvalue weighted by molar-refractivity contribution is 5.26. The number of rotatable bonds is 5. The maximum absolute atomic E-state index is 5.71. The van der Waals surface area contributed by atoms with Gasteiger partial charge in [-0.2, -0.15) is 0 Å². The molecule has 1 aromatic carbocycles.